The van der Waals surface area contributed by atoms with Crippen LogP contribution in [0.25, 0.3) is 0 Å². The van der Waals surface area contributed by atoms with E-state index in [1.165, 1.54) is 0 Å². The van der Waals surface area contributed by atoms with Crippen LogP contribution in [0.3, 0.4) is 0 Å². The Bertz CT molecular complexity index is 324. The van der Waals surface area contributed by atoms with Crippen molar-refractivity contribution in [3.63, 3.8) is 0 Å². The van der Waals surface area contributed by atoms with Crippen LogP contribution in [0.5, 0.6) is 0 Å². The molecule has 1 heterocycles. The first-order valence-corrected chi connectivity index (χ1v) is 6.28. The summed E-state index contributed by atoms with van der Waals surface area (Å²) < 4.78 is 2.08. The van der Waals surface area contributed by atoms with Gasteiger partial charge in [0.25, 0.3) is 0 Å². The predicted octanol–water partition coefficient (Wildman–Crippen LogP) is 1.28. The van der Waals surface area contributed by atoms with Gasteiger partial charge in [-0.25, -0.2) is 4.98 Å². The average Bonchev–Trinajstić information content (AvgIpc) is 2.59. The van der Waals surface area contributed by atoms with Gasteiger partial charge in [0.1, 0.15) is 5.82 Å². The van der Waals surface area contributed by atoms with Crippen LogP contribution in [0.1, 0.15) is 26.6 Å². The zero-order valence-electron chi connectivity index (χ0n) is 11.8. The Kier molecular flexibility index (Phi) is 5.15. The summed E-state index contributed by atoms with van der Waals surface area (Å²) in [4.78, 5) is 6.67. The highest BCUT2D eigenvalue weighted by atomic mass is 15.1. The molecule has 0 saturated carbocycles. The predicted molar refractivity (Wildman–Crippen MR) is 72.2 cm³/mol. The van der Waals surface area contributed by atoms with Crippen LogP contribution in [-0.4, -0.2) is 46.7 Å². The molecule has 0 amide bonds. The second-order valence-electron chi connectivity index (χ2n) is 5.68. The van der Waals surface area contributed by atoms with Gasteiger partial charge in [0, 0.05) is 51.0 Å². The van der Waals surface area contributed by atoms with Crippen molar-refractivity contribution in [2.24, 2.45) is 7.05 Å². The van der Waals surface area contributed by atoms with Gasteiger partial charge >= 0.3 is 0 Å². The van der Waals surface area contributed by atoms with E-state index in [9.17, 15) is 0 Å². The van der Waals surface area contributed by atoms with Gasteiger partial charge in [-0.05, 0) is 27.8 Å². The summed E-state index contributed by atoms with van der Waals surface area (Å²) in [6, 6.07) is 0. The molecule has 17 heavy (non-hydrogen) atoms. The standard InChI is InChI=1S/C13H26N4/c1-13(2,3)15-8-10-16(4)9-6-12-14-7-11-17(12)5/h7,11,15H,6,8-10H2,1-5H3. The zero-order chi connectivity index (χ0) is 12.9. The second kappa shape index (κ2) is 6.17. The minimum atomic E-state index is 0.209. The van der Waals surface area contributed by atoms with Crippen LogP contribution < -0.4 is 5.32 Å². The lowest BCUT2D eigenvalue weighted by Gasteiger charge is -2.23. The Balaban J connectivity index is 2.18. The third-order valence-electron chi connectivity index (χ3n) is 2.79. The van der Waals surface area contributed by atoms with Crippen molar-refractivity contribution in [1.29, 1.82) is 0 Å². The Hall–Kier alpha value is -0.870. The van der Waals surface area contributed by atoms with Crippen LogP contribution in [0.2, 0.25) is 0 Å². The van der Waals surface area contributed by atoms with Gasteiger partial charge < -0.3 is 14.8 Å². The number of rotatable bonds is 6. The van der Waals surface area contributed by atoms with Crippen molar-refractivity contribution < 1.29 is 0 Å². The summed E-state index contributed by atoms with van der Waals surface area (Å²) in [5.41, 5.74) is 0.209. The molecule has 0 aliphatic carbocycles. The summed E-state index contributed by atoms with van der Waals surface area (Å²) in [5, 5.41) is 3.49. The summed E-state index contributed by atoms with van der Waals surface area (Å²) in [7, 11) is 4.21. The number of imidazole rings is 1. The lowest BCUT2D eigenvalue weighted by Crippen LogP contribution is -2.40. The molecule has 1 aromatic rings. The maximum atomic E-state index is 4.33. The molecule has 4 nitrogen and oxygen atoms in total. The Morgan fingerprint density at radius 2 is 2.06 bits per heavy atom. The van der Waals surface area contributed by atoms with E-state index in [1.807, 2.05) is 19.4 Å². The number of nitrogens with zero attached hydrogens (tertiary/aromatic N) is 3. The van der Waals surface area contributed by atoms with Crippen LogP contribution in [0.15, 0.2) is 12.4 Å². The molecule has 0 unspecified atom stereocenters. The molecule has 0 spiro atoms. The maximum Gasteiger partial charge on any atom is 0.109 e. The van der Waals surface area contributed by atoms with Crippen molar-refractivity contribution in [2.75, 3.05) is 26.7 Å². The van der Waals surface area contributed by atoms with Crippen molar-refractivity contribution in [2.45, 2.75) is 32.7 Å². The molecule has 0 radical (unpaired) electrons. The van der Waals surface area contributed by atoms with E-state index >= 15 is 0 Å². The van der Waals surface area contributed by atoms with E-state index in [4.69, 9.17) is 0 Å². The minimum absolute atomic E-state index is 0.209. The van der Waals surface area contributed by atoms with E-state index in [0.29, 0.717) is 0 Å². The third-order valence-corrected chi connectivity index (χ3v) is 2.79. The van der Waals surface area contributed by atoms with Gasteiger partial charge in [-0.2, -0.15) is 0 Å². The number of hydrogen-bond donors (Lipinski definition) is 1. The fourth-order valence-electron chi connectivity index (χ4n) is 1.66. The SMILES string of the molecule is CN(CCNC(C)(C)C)CCc1nccn1C. The summed E-state index contributed by atoms with van der Waals surface area (Å²) in [5.74, 6) is 1.15. The van der Waals surface area contributed by atoms with Crippen LogP contribution in [-0.2, 0) is 13.5 Å². The van der Waals surface area contributed by atoms with Crippen molar-refractivity contribution in [1.82, 2.24) is 19.8 Å². The lowest BCUT2D eigenvalue weighted by atomic mass is 10.1. The smallest absolute Gasteiger partial charge is 0.109 e. The van der Waals surface area contributed by atoms with Crippen LogP contribution in [0.4, 0.5) is 0 Å². The summed E-state index contributed by atoms with van der Waals surface area (Å²) in [6.07, 6.45) is 4.86. The third kappa shape index (κ3) is 5.84. The molecule has 0 atom stereocenters. The largest absolute Gasteiger partial charge is 0.338 e. The highest BCUT2D eigenvalue weighted by molar-refractivity contribution is 4.91. The highest BCUT2D eigenvalue weighted by Crippen LogP contribution is 1.99. The van der Waals surface area contributed by atoms with Crippen molar-refractivity contribution >= 4 is 0 Å². The molecule has 0 aliphatic heterocycles. The highest BCUT2D eigenvalue weighted by Gasteiger charge is 2.08. The summed E-state index contributed by atoms with van der Waals surface area (Å²) >= 11 is 0. The maximum absolute atomic E-state index is 4.33. The molecule has 1 aromatic heterocycles. The molecule has 1 rings (SSSR count). The number of hydrogen-bond acceptors (Lipinski definition) is 3. The topological polar surface area (TPSA) is 33.1 Å². The Morgan fingerprint density at radius 1 is 1.35 bits per heavy atom. The van der Waals surface area contributed by atoms with E-state index < -0.39 is 0 Å². The first kappa shape index (κ1) is 14.2. The average molecular weight is 238 g/mol. The van der Waals surface area contributed by atoms with Gasteiger partial charge in [-0.15, -0.1) is 0 Å². The minimum Gasteiger partial charge on any atom is -0.338 e. The molecule has 4 heteroatoms. The Morgan fingerprint density at radius 3 is 2.59 bits per heavy atom. The van der Waals surface area contributed by atoms with Gasteiger partial charge in [0.05, 0.1) is 0 Å². The second-order valence-corrected chi connectivity index (χ2v) is 5.68. The summed E-state index contributed by atoms with van der Waals surface area (Å²) in [6.45, 7) is 9.74. The molecule has 98 valence electrons. The van der Waals surface area contributed by atoms with Gasteiger partial charge in [0.2, 0.25) is 0 Å². The number of likely N-dealkylation sites (N-methyl/N-ethyl adjacent to an activating group) is 1. The van der Waals surface area contributed by atoms with Crippen LogP contribution in [0, 0.1) is 0 Å². The number of aryl methyl sites for hydroxylation is 1. The monoisotopic (exact) mass is 238 g/mol. The van der Waals surface area contributed by atoms with Crippen molar-refractivity contribution in [3.8, 4) is 0 Å². The van der Waals surface area contributed by atoms with Crippen molar-refractivity contribution in [3.05, 3.63) is 18.2 Å². The molecule has 0 aromatic carbocycles. The van der Waals surface area contributed by atoms with E-state index in [1.54, 1.807) is 0 Å². The quantitative estimate of drug-likeness (QED) is 0.810. The van der Waals surface area contributed by atoms with Gasteiger partial charge in [-0.1, -0.05) is 0 Å². The van der Waals surface area contributed by atoms with E-state index in [2.05, 4.69) is 47.6 Å². The van der Waals surface area contributed by atoms with Gasteiger partial charge in [-0.3, -0.25) is 0 Å². The molecule has 1 N–H and O–H groups in total. The zero-order valence-corrected chi connectivity index (χ0v) is 11.8. The van der Waals surface area contributed by atoms with E-state index in [0.717, 1.165) is 31.9 Å². The number of nitrogens with one attached hydrogen (secondary N) is 1. The normalized spacial score (nSPS) is 12.4. The first-order valence-electron chi connectivity index (χ1n) is 6.28. The molecule has 0 saturated heterocycles. The van der Waals surface area contributed by atoms with Gasteiger partial charge in [0.15, 0.2) is 0 Å². The van der Waals surface area contributed by atoms with E-state index in [-0.39, 0.29) is 5.54 Å². The number of aromatic nitrogens is 2. The molecule has 0 bridgehead atoms. The molecule has 0 fully saturated rings. The first-order chi connectivity index (χ1) is 7.88. The fourth-order valence-corrected chi connectivity index (χ4v) is 1.66. The van der Waals surface area contributed by atoms with Crippen LogP contribution >= 0.6 is 0 Å². The molecule has 0 aliphatic rings. The molecular formula is C13H26N4. The lowest BCUT2D eigenvalue weighted by molar-refractivity contribution is 0.310. The molecular weight excluding hydrogens is 212 g/mol. The fraction of sp³-hybridized carbons (Fsp3) is 0.769. The Labute approximate surface area is 105 Å².